The van der Waals surface area contributed by atoms with Crippen LogP contribution in [0.5, 0.6) is 0 Å². The lowest BCUT2D eigenvalue weighted by Gasteiger charge is -2.02. The first-order chi connectivity index (χ1) is 11.4. The second-order valence-corrected chi connectivity index (χ2v) is 6.42. The van der Waals surface area contributed by atoms with Crippen molar-refractivity contribution in [1.82, 2.24) is 15.0 Å². The van der Waals surface area contributed by atoms with Crippen molar-refractivity contribution in [3.05, 3.63) is 66.9 Å². The summed E-state index contributed by atoms with van der Waals surface area (Å²) in [5.41, 5.74) is 2.50. The van der Waals surface area contributed by atoms with Gasteiger partial charge < -0.3 is 0 Å². The Hall–Kier alpha value is -2.85. The van der Waals surface area contributed by atoms with Gasteiger partial charge in [0.1, 0.15) is 4.83 Å². The van der Waals surface area contributed by atoms with Gasteiger partial charge in [0.2, 0.25) is 0 Å². The van der Waals surface area contributed by atoms with Crippen LogP contribution in [0.25, 0.3) is 42.7 Å². The van der Waals surface area contributed by atoms with Gasteiger partial charge in [0, 0.05) is 27.1 Å². The Bertz CT molecular complexity index is 1180. The molecule has 0 N–H and O–H groups in total. The Labute approximate surface area is 136 Å². The van der Waals surface area contributed by atoms with E-state index in [2.05, 4.69) is 40.3 Å². The molecule has 108 valence electrons. The molecule has 1 aromatic carbocycles. The van der Waals surface area contributed by atoms with E-state index < -0.39 is 0 Å². The number of pyridine rings is 3. The largest absolute Gasteiger partial charge is 0.237 e. The van der Waals surface area contributed by atoms with E-state index in [1.165, 1.54) is 15.5 Å². The predicted molar refractivity (Wildman–Crippen MR) is 95.7 cm³/mol. The molecule has 0 atom stereocenters. The minimum Gasteiger partial charge on any atom is -0.237 e. The molecule has 0 spiro atoms. The van der Waals surface area contributed by atoms with Crippen LogP contribution in [0.15, 0.2) is 66.9 Å². The highest BCUT2D eigenvalue weighted by atomic mass is 32.1. The van der Waals surface area contributed by atoms with Gasteiger partial charge in [0.25, 0.3) is 0 Å². The zero-order valence-electron chi connectivity index (χ0n) is 12.1. The predicted octanol–water partition coefficient (Wildman–Crippen LogP) is 5.06. The second kappa shape index (κ2) is 4.83. The van der Waals surface area contributed by atoms with E-state index in [9.17, 15) is 0 Å². The highest BCUT2D eigenvalue weighted by Crippen LogP contribution is 2.33. The minimum atomic E-state index is 0.753. The quantitative estimate of drug-likeness (QED) is 0.434. The Morgan fingerprint density at radius 3 is 2.57 bits per heavy atom. The smallest absolute Gasteiger partial charge is 0.159 e. The fourth-order valence-corrected chi connectivity index (χ4v) is 3.92. The van der Waals surface area contributed by atoms with Crippen molar-refractivity contribution in [2.75, 3.05) is 0 Å². The van der Waals surface area contributed by atoms with E-state index in [0.29, 0.717) is 0 Å². The molecule has 0 saturated carbocycles. The van der Waals surface area contributed by atoms with Crippen LogP contribution < -0.4 is 0 Å². The third-order valence-corrected chi connectivity index (χ3v) is 5.05. The lowest BCUT2D eigenvalue weighted by molar-refractivity contribution is 1.26. The molecule has 0 radical (unpaired) electrons. The Balaban J connectivity index is 1.73. The van der Waals surface area contributed by atoms with E-state index >= 15 is 0 Å². The number of fused-ring (bicyclic) bond motifs is 4. The number of rotatable bonds is 1. The van der Waals surface area contributed by atoms with Crippen LogP contribution in [-0.2, 0) is 0 Å². The van der Waals surface area contributed by atoms with E-state index in [4.69, 9.17) is 4.98 Å². The summed E-state index contributed by atoms with van der Waals surface area (Å²) >= 11 is 1.72. The first-order valence-corrected chi connectivity index (χ1v) is 8.21. The summed E-state index contributed by atoms with van der Waals surface area (Å²) in [5, 5.41) is 3.51. The normalized spacial score (nSPS) is 11.5. The molecule has 0 aliphatic carbocycles. The van der Waals surface area contributed by atoms with Crippen LogP contribution in [0.3, 0.4) is 0 Å². The summed E-state index contributed by atoms with van der Waals surface area (Å²) in [6.45, 7) is 0. The van der Waals surface area contributed by atoms with Gasteiger partial charge in [-0.1, -0.05) is 18.2 Å². The standard InChI is InChI=1S/C19H11N3S/c1-2-6-17-13(5-1)14-8-10-16(22-19(14)23-17)15-9-7-12-4-3-11-20-18(12)21-15/h1-11H. The highest BCUT2D eigenvalue weighted by Gasteiger charge is 2.09. The maximum atomic E-state index is 4.82. The summed E-state index contributed by atoms with van der Waals surface area (Å²) in [5.74, 6) is 0. The van der Waals surface area contributed by atoms with Crippen molar-refractivity contribution >= 4 is 42.7 Å². The molecular formula is C19H11N3S. The van der Waals surface area contributed by atoms with Crippen LogP contribution in [0.2, 0.25) is 0 Å². The molecule has 0 bridgehead atoms. The van der Waals surface area contributed by atoms with Crippen molar-refractivity contribution < 1.29 is 0 Å². The first kappa shape index (κ1) is 12.7. The van der Waals surface area contributed by atoms with Gasteiger partial charge in [0.05, 0.1) is 11.4 Å². The molecule has 0 saturated heterocycles. The van der Waals surface area contributed by atoms with Gasteiger partial charge in [-0.2, -0.15) is 0 Å². The summed E-state index contributed by atoms with van der Waals surface area (Å²) < 4.78 is 1.26. The monoisotopic (exact) mass is 313 g/mol. The maximum Gasteiger partial charge on any atom is 0.159 e. The van der Waals surface area contributed by atoms with Crippen molar-refractivity contribution in [2.24, 2.45) is 0 Å². The lowest BCUT2D eigenvalue weighted by atomic mass is 10.1. The zero-order chi connectivity index (χ0) is 15.2. The van der Waals surface area contributed by atoms with Crippen LogP contribution in [0.1, 0.15) is 0 Å². The van der Waals surface area contributed by atoms with E-state index in [1.807, 2.05) is 30.3 Å². The van der Waals surface area contributed by atoms with Gasteiger partial charge in [-0.05, 0) is 42.5 Å². The Morgan fingerprint density at radius 2 is 1.57 bits per heavy atom. The summed E-state index contributed by atoms with van der Waals surface area (Å²) in [6.07, 6.45) is 1.77. The Kier molecular flexibility index (Phi) is 2.66. The van der Waals surface area contributed by atoms with Crippen molar-refractivity contribution in [2.45, 2.75) is 0 Å². The van der Waals surface area contributed by atoms with Gasteiger partial charge in [-0.3, -0.25) is 0 Å². The molecule has 0 fully saturated rings. The highest BCUT2D eigenvalue weighted by molar-refractivity contribution is 7.25. The van der Waals surface area contributed by atoms with E-state index in [1.54, 1.807) is 17.5 Å². The number of thiophene rings is 1. The number of hydrogen-bond acceptors (Lipinski definition) is 4. The molecule has 0 amide bonds. The zero-order valence-corrected chi connectivity index (χ0v) is 12.9. The van der Waals surface area contributed by atoms with Gasteiger partial charge >= 0.3 is 0 Å². The fourth-order valence-electron chi connectivity index (χ4n) is 2.84. The van der Waals surface area contributed by atoms with Crippen molar-refractivity contribution in [3.8, 4) is 11.4 Å². The topological polar surface area (TPSA) is 38.7 Å². The number of nitrogens with zero attached hydrogens (tertiary/aromatic N) is 3. The average Bonchev–Trinajstić information content (AvgIpc) is 2.99. The van der Waals surface area contributed by atoms with Gasteiger partial charge in [0.15, 0.2) is 5.65 Å². The van der Waals surface area contributed by atoms with Crippen LogP contribution in [-0.4, -0.2) is 15.0 Å². The fraction of sp³-hybridized carbons (Fsp3) is 0. The molecule has 0 aliphatic heterocycles. The number of aromatic nitrogens is 3. The third-order valence-electron chi connectivity index (χ3n) is 3.97. The lowest BCUT2D eigenvalue weighted by Crippen LogP contribution is -1.89. The molecule has 5 rings (SSSR count). The van der Waals surface area contributed by atoms with Gasteiger partial charge in [-0.15, -0.1) is 11.3 Å². The molecule has 0 aliphatic rings. The molecule has 5 aromatic rings. The van der Waals surface area contributed by atoms with Crippen LogP contribution in [0.4, 0.5) is 0 Å². The number of benzene rings is 1. The molecule has 3 nitrogen and oxygen atoms in total. The van der Waals surface area contributed by atoms with Crippen molar-refractivity contribution in [1.29, 1.82) is 0 Å². The SMILES string of the molecule is c1cnc2nc(-c3ccc4c(n3)sc3ccccc34)ccc2c1. The van der Waals surface area contributed by atoms with Gasteiger partial charge in [-0.25, -0.2) is 15.0 Å². The third kappa shape index (κ3) is 1.99. The molecule has 4 aromatic heterocycles. The summed E-state index contributed by atoms with van der Waals surface area (Å²) in [7, 11) is 0. The average molecular weight is 313 g/mol. The molecular weight excluding hydrogens is 302 g/mol. The maximum absolute atomic E-state index is 4.82. The van der Waals surface area contributed by atoms with Crippen molar-refractivity contribution in [3.63, 3.8) is 0 Å². The molecule has 4 heteroatoms. The van der Waals surface area contributed by atoms with E-state index in [-0.39, 0.29) is 0 Å². The van der Waals surface area contributed by atoms with E-state index in [0.717, 1.165) is 27.3 Å². The summed E-state index contributed by atoms with van der Waals surface area (Å²) in [4.78, 5) is 14.8. The molecule has 0 unspecified atom stereocenters. The molecule has 4 heterocycles. The summed E-state index contributed by atoms with van der Waals surface area (Å²) in [6, 6.07) is 20.6. The van der Waals surface area contributed by atoms with Crippen LogP contribution >= 0.6 is 11.3 Å². The molecule has 23 heavy (non-hydrogen) atoms. The number of hydrogen-bond donors (Lipinski definition) is 0. The minimum absolute atomic E-state index is 0.753. The Morgan fingerprint density at radius 1 is 0.696 bits per heavy atom. The van der Waals surface area contributed by atoms with Crippen LogP contribution in [0, 0.1) is 0 Å². The second-order valence-electron chi connectivity index (χ2n) is 5.39. The first-order valence-electron chi connectivity index (χ1n) is 7.39.